The molecule has 2 amide bonds. The predicted molar refractivity (Wildman–Crippen MR) is 121 cm³/mol. The van der Waals surface area contributed by atoms with Crippen molar-refractivity contribution in [2.45, 2.75) is 0 Å². The molecule has 0 saturated carbocycles. The fourth-order valence-electron chi connectivity index (χ4n) is 4.04. The molecule has 0 spiro atoms. The number of fused-ring (bicyclic) bond motifs is 1. The Balaban J connectivity index is 1.52. The van der Waals surface area contributed by atoms with Crippen LogP contribution in [0.25, 0.3) is 22.3 Å². The van der Waals surface area contributed by atoms with Gasteiger partial charge in [-0.25, -0.2) is 4.90 Å². The number of carbonyl (C=O) groups is 2. The summed E-state index contributed by atoms with van der Waals surface area (Å²) in [6.45, 7) is 0. The van der Waals surface area contributed by atoms with Gasteiger partial charge in [0.15, 0.2) is 0 Å². The molecular weight excluding hydrogens is 386 g/mol. The zero-order valence-corrected chi connectivity index (χ0v) is 16.9. The van der Waals surface area contributed by atoms with Gasteiger partial charge in [-0.15, -0.1) is 0 Å². The van der Waals surface area contributed by atoms with Gasteiger partial charge in [0.25, 0.3) is 11.8 Å². The molecule has 0 radical (unpaired) electrons. The average Bonchev–Trinajstić information content (AvgIpc) is 3.09. The third-order valence-electron chi connectivity index (χ3n) is 5.53. The number of imide groups is 1. The summed E-state index contributed by atoms with van der Waals surface area (Å²) < 4.78 is 5.77. The molecular formula is C27H19NO3. The first kappa shape index (κ1) is 18.8. The molecule has 1 aliphatic rings. The van der Waals surface area contributed by atoms with E-state index >= 15 is 0 Å². The Morgan fingerprint density at radius 3 is 1.58 bits per heavy atom. The molecule has 1 heterocycles. The van der Waals surface area contributed by atoms with Gasteiger partial charge >= 0.3 is 0 Å². The lowest BCUT2D eigenvalue weighted by atomic mass is 9.97. The number of anilines is 1. The fourth-order valence-corrected chi connectivity index (χ4v) is 4.04. The van der Waals surface area contributed by atoms with Crippen molar-refractivity contribution in [3.05, 3.63) is 108 Å². The van der Waals surface area contributed by atoms with E-state index in [1.165, 1.54) is 4.90 Å². The van der Waals surface area contributed by atoms with E-state index in [1.807, 2.05) is 60.7 Å². The first-order valence-electron chi connectivity index (χ1n) is 9.99. The van der Waals surface area contributed by atoms with Gasteiger partial charge in [-0.1, -0.05) is 72.8 Å². The number of ether oxygens (including phenoxy) is 1. The second kappa shape index (κ2) is 7.58. The molecule has 4 heteroatoms. The van der Waals surface area contributed by atoms with Crippen molar-refractivity contribution in [2.24, 2.45) is 0 Å². The molecule has 31 heavy (non-hydrogen) atoms. The van der Waals surface area contributed by atoms with Gasteiger partial charge < -0.3 is 4.74 Å². The number of para-hydroxylation sites is 1. The van der Waals surface area contributed by atoms with Crippen LogP contribution in [-0.2, 0) is 0 Å². The number of hydrogen-bond donors (Lipinski definition) is 0. The van der Waals surface area contributed by atoms with Gasteiger partial charge in [0, 0.05) is 11.1 Å². The first-order chi connectivity index (χ1) is 15.2. The van der Waals surface area contributed by atoms with Crippen LogP contribution in [0.3, 0.4) is 0 Å². The van der Waals surface area contributed by atoms with E-state index in [0.29, 0.717) is 16.8 Å². The molecule has 0 aliphatic carbocycles. The summed E-state index contributed by atoms with van der Waals surface area (Å²) in [6.07, 6.45) is 0. The monoisotopic (exact) mass is 405 g/mol. The highest BCUT2D eigenvalue weighted by molar-refractivity contribution is 6.34. The zero-order chi connectivity index (χ0) is 21.4. The Labute approximate surface area is 180 Å². The van der Waals surface area contributed by atoms with Crippen LogP contribution in [0.2, 0.25) is 0 Å². The van der Waals surface area contributed by atoms with Crippen molar-refractivity contribution in [1.29, 1.82) is 0 Å². The van der Waals surface area contributed by atoms with Crippen LogP contribution in [0.4, 0.5) is 5.69 Å². The summed E-state index contributed by atoms with van der Waals surface area (Å²) in [4.78, 5) is 26.7. The van der Waals surface area contributed by atoms with Crippen LogP contribution >= 0.6 is 0 Å². The highest BCUT2D eigenvalue weighted by Gasteiger charge is 2.36. The second-order valence-corrected chi connectivity index (χ2v) is 7.29. The van der Waals surface area contributed by atoms with Crippen LogP contribution in [0.15, 0.2) is 97.1 Å². The smallest absolute Gasteiger partial charge is 0.266 e. The maximum atomic E-state index is 12.7. The third kappa shape index (κ3) is 3.09. The van der Waals surface area contributed by atoms with Gasteiger partial charge in [-0.2, -0.15) is 0 Å². The number of nitrogens with zero attached hydrogens (tertiary/aromatic N) is 1. The minimum Gasteiger partial charge on any atom is -0.495 e. The van der Waals surface area contributed by atoms with Crippen molar-refractivity contribution in [3.63, 3.8) is 0 Å². The minimum atomic E-state index is -0.294. The largest absolute Gasteiger partial charge is 0.495 e. The summed E-state index contributed by atoms with van der Waals surface area (Å²) in [6, 6.07) is 30.4. The molecule has 4 aromatic carbocycles. The number of carbonyl (C=O) groups excluding carboxylic acids is 2. The second-order valence-electron chi connectivity index (χ2n) is 7.29. The van der Waals surface area contributed by atoms with E-state index in [0.717, 1.165) is 28.0 Å². The van der Waals surface area contributed by atoms with Crippen LogP contribution in [0, 0.1) is 0 Å². The van der Waals surface area contributed by atoms with Crippen LogP contribution < -0.4 is 9.64 Å². The molecule has 0 bridgehead atoms. The maximum Gasteiger partial charge on any atom is 0.266 e. The van der Waals surface area contributed by atoms with E-state index in [-0.39, 0.29) is 11.8 Å². The minimum absolute atomic E-state index is 0.294. The zero-order valence-electron chi connectivity index (χ0n) is 16.9. The highest BCUT2D eigenvalue weighted by atomic mass is 16.5. The summed E-state index contributed by atoms with van der Waals surface area (Å²) in [5.74, 6) is 0.191. The molecule has 0 aromatic heterocycles. The molecule has 4 aromatic rings. The van der Waals surface area contributed by atoms with Gasteiger partial charge in [0.05, 0.1) is 23.9 Å². The summed E-state index contributed by atoms with van der Waals surface area (Å²) >= 11 is 0. The van der Waals surface area contributed by atoms with Gasteiger partial charge in [-0.3, -0.25) is 9.59 Å². The molecule has 0 N–H and O–H groups in total. The van der Waals surface area contributed by atoms with Gasteiger partial charge in [0.1, 0.15) is 5.75 Å². The average molecular weight is 405 g/mol. The third-order valence-corrected chi connectivity index (χ3v) is 5.53. The van der Waals surface area contributed by atoms with Crippen molar-refractivity contribution >= 4 is 17.5 Å². The van der Waals surface area contributed by atoms with E-state index in [4.69, 9.17) is 4.74 Å². The van der Waals surface area contributed by atoms with Crippen molar-refractivity contribution in [3.8, 4) is 28.0 Å². The maximum absolute atomic E-state index is 12.7. The van der Waals surface area contributed by atoms with Crippen LogP contribution in [0.5, 0.6) is 5.75 Å². The Morgan fingerprint density at radius 1 is 0.548 bits per heavy atom. The molecule has 0 atom stereocenters. The predicted octanol–water partition coefficient (Wildman–Crippen LogP) is 5.83. The SMILES string of the molecule is COc1c(-c2ccccc2)cccc1-c1ccc(N2C(=O)c3ccccc3C2=O)cc1. The lowest BCUT2D eigenvalue weighted by Crippen LogP contribution is -2.29. The van der Waals surface area contributed by atoms with Crippen LogP contribution in [0.1, 0.15) is 20.7 Å². The quantitative estimate of drug-likeness (QED) is 0.401. The topological polar surface area (TPSA) is 46.6 Å². The molecule has 4 nitrogen and oxygen atoms in total. The van der Waals surface area contributed by atoms with Crippen molar-refractivity contribution in [1.82, 2.24) is 0 Å². The van der Waals surface area contributed by atoms with E-state index < -0.39 is 0 Å². The van der Waals surface area contributed by atoms with Crippen molar-refractivity contribution < 1.29 is 14.3 Å². The molecule has 0 saturated heterocycles. The fraction of sp³-hybridized carbons (Fsp3) is 0.0370. The normalized spacial score (nSPS) is 12.7. The van der Waals surface area contributed by atoms with Gasteiger partial charge in [0.2, 0.25) is 0 Å². The Hall–Kier alpha value is -4.18. The molecule has 1 aliphatic heterocycles. The van der Waals surface area contributed by atoms with E-state index in [1.54, 1.807) is 43.5 Å². The molecule has 5 rings (SSSR count). The number of hydrogen-bond acceptors (Lipinski definition) is 3. The lowest BCUT2D eigenvalue weighted by molar-refractivity contribution is 0.0926. The number of rotatable bonds is 4. The Morgan fingerprint density at radius 2 is 1.03 bits per heavy atom. The number of benzene rings is 4. The molecule has 0 fully saturated rings. The summed E-state index contributed by atoms with van der Waals surface area (Å²) in [5, 5.41) is 0. The van der Waals surface area contributed by atoms with Crippen molar-refractivity contribution in [2.75, 3.05) is 12.0 Å². The summed E-state index contributed by atoms with van der Waals surface area (Å²) in [5.41, 5.74) is 5.39. The lowest BCUT2D eigenvalue weighted by Gasteiger charge is -2.16. The highest BCUT2D eigenvalue weighted by Crippen LogP contribution is 2.39. The van der Waals surface area contributed by atoms with Crippen LogP contribution in [-0.4, -0.2) is 18.9 Å². The Kier molecular flexibility index (Phi) is 4.60. The van der Waals surface area contributed by atoms with E-state index in [9.17, 15) is 9.59 Å². The van der Waals surface area contributed by atoms with E-state index in [2.05, 4.69) is 0 Å². The number of methoxy groups -OCH3 is 1. The standard InChI is InChI=1S/C27H19NO3/c1-31-25-21(18-8-3-2-4-9-18)12-7-13-22(25)19-14-16-20(17-15-19)28-26(29)23-10-5-6-11-24(23)27(28)30/h2-17H,1H3. The number of amides is 2. The molecule has 150 valence electrons. The summed E-state index contributed by atoms with van der Waals surface area (Å²) in [7, 11) is 1.67. The Bertz CT molecular complexity index is 1260. The first-order valence-corrected chi connectivity index (χ1v) is 9.99. The van der Waals surface area contributed by atoms with Gasteiger partial charge in [-0.05, 0) is 35.4 Å². The molecule has 0 unspecified atom stereocenters.